The molecule has 1 aliphatic heterocycles. The predicted molar refractivity (Wildman–Crippen MR) is 124 cm³/mol. The molecule has 2 heterocycles. The van der Waals surface area contributed by atoms with Gasteiger partial charge in [0.2, 0.25) is 0 Å². The quantitative estimate of drug-likeness (QED) is 0.219. The van der Waals surface area contributed by atoms with Crippen LogP contribution in [0.15, 0.2) is 71.9 Å². The third-order valence-corrected chi connectivity index (χ3v) is 6.24. The summed E-state index contributed by atoms with van der Waals surface area (Å²) in [5.74, 6) is 1.81. The number of ether oxygens (including phenoxy) is 2. The minimum absolute atomic E-state index is 0.0171. The summed E-state index contributed by atoms with van der Waals surface area (Å²) in [5.41, 5.74) is 4.46. The number of para-hydroxylation sites is 1. The second-order valence-electron chi connectivity index (χ2n) is 7.60. The van der Waals surface area contributed by atoms with E-state index in [-0.39, 0.29) is 19.1 Å². The van der Waals surface area contributed by atoms with Crippen LogP contribution < -0.4 is 4.74 Å². The van der Waals surface area contributed by atoms with Crippen molar-refractivity contribution in [3.63, 3.8) is 0 Å². The van der Waals surface area contributed by atoms with Crippen molar-refractivity contribution in [1.29, 1.82) is 0 Å². The summed E-state index contributed by atoms with van der Waals surface area (Å²) in [6, 6.07) is 21.1. The van der Waals surface area contributed by atoms with Crippen LogP contribution in [-0.2, 0) is 17.1 Å². The summed E-state index contributed by atoms with van der Waals surface area (Å²) >= 11 is 1.45. The molecule has 4 aromatic rings. The zero-order valence-electron chi connectivity index (χ0n) is 17.8. The summed E-state index contributed by atoms with van der Waals surface area (Å²) in [6.45, 7) is 2.45. The molecule has 9 heteroatoms. The summed E-state index contributed by atoms with van der Waals surface area (Å²) in [5, 5.41) is 21.1. The molecule has 0 N–H and O–H groups in total. The van der Waals surface area contributed by atoms with Crippen molar-refractivity contribution in [3.8, 4) is 22.8 Å². The lowest BCUT2D eigenvalue weighted by Gasteiger charge is -2.20. The molecular weight excluding hydrogens is 440 g/mol. The first-order valence-corrected chi connectivity index (χ1v) is 11.3. The molecular formula is C24H20N4O4S. The van der Waals surface area contributed by atoms with Crippen molar-refractivity contribution < 1.29 is 14.4 Å². The molecule has 3 aromatic carbocycles. The van der Waals surface area contributed by atoms with Gasteiger partial charge in [0.05, 0.1) is 11.5 Å². The van der Waals surface area contributed by atoms with Crippen molar-refractivity contribution in [2.24, 2.45) is 0 Å². The predicted octanol–water partition coefficient (Wildman–Crippen LogP) is 5.31. The maximum Gasteiger partial charge on any atom is 0.270 e. The van der Waals surface area contributed by atoms with Crippen LogP contribution in [0.4, 0.5) is 5.69 Å². The third-order valence-electron chi connectivity index (χ3n) is 5.26. The maximum absolute atomic E-state index is 11.4. The van der Waals surface area contributed by atoms with E-state index in [1.54, 1.807) is 6.07 Å². The topological polar surface area (TPSA) is 92.3 Å². The monoisotopic (exact) mass is 460 g/mol. The van der Waals surface area contributed by atoms with Gasteiger partial charge in [0.15, 0.2) is 17.8 Å². The van der Waals surface area contributed by atoms with E-state index in [1.807, 2.05) is 60.0 Å². The second-order valence-corrected chi connectivity index (χ2v) is 8.54. The molecule has 0 saturated heterocycles. The van der Waals surface area contributed by atoms with Crippen LogP contribution >= 0.6 is 11.8 Å². The van der Waals surface area contributed by atoms with Crippen molar-refractivity contribution in [1.82, 2.24) is 14.8 Å². The van der Waals surface area contributed by atoms with Gasteiger partial charge in [0, 0.05) is 40.3 Å². The number of aryl methyl sites for hydroxylation is 1. The standard InChI is InChI=1S/C24H20N4O4S/c1-16-6-5-7-17(10-16)23-25-26-24(27(23)20-8-3-2-4-9-20)33-14-19-12-21(28(29)30)11-18-13-31-15-32-22(18)19/h2-12H,13-15H2,1H3. The van der Waals surface area contributed by atoms with E-state index in [4.69, 9.17) is 9.47 Å². The molecule has 0 fully saturated rings. The van der Waals surface area contributed by atoms with Crippen LogP contribution in [-0.4, -0.2) is 26.5 Å². The van der Waals surface area contributed by atoms with Crippen LogP contribution in [0.25, 0.3) is 17.1 Å². The van der Waals surface area contributed by atoms with Gasteiger partial charge in [-0.1, -0.05) is 53.7 Å². The molecule has 0 bridgehead atoms. The zero-order valence-corrected chi connectivity index (χ0v) is 18.6. The van der Waals surface area contributed by atoms with Crippen LogP contribution in [0.2, 0.25) is 0 Å². The summed E-state index contributed by atoms with van der Waals surface area (Å²) < 4.78 is 13.0. The van der Waals surface area contributed by atoms with Gasteiger partial charge < -0.3 is 9.47 Å². The molecule has 0 atom stereocenters. The SMILES string of the molecule is Cc1cccc(-c2nnc(SCc3cc([N+](=O)[O-])cc4c3OCOC4)n2-c2ccccc2)c1. The molecule has 1 aliphatic rings. The molecule has 166 valence electrons. The largest absolute Gasteiger partial charge is 0.467 e. The number of non-ortho nitro benzene ring substituents is 1. The number of aromatic nitrogens is 3. The Morgan fingerprint density at radius 2 is 1.94 bits per heavy atom. The highest BCUT2D eigenvalue weighted by Gasteiger charge is 2.22. The second kappa shape index (κ2) is 9.05. The van der Waals surface area contributed by atoms with Crippen molar-refractivity contribution in [2.75, 3.05) is 6.79 Å². The first-order valence-electron chi connectivity index (χ1n) is 10.3. The molecule has 33 heavy (non-hydrogen) atoms. The van der Waals surface area contributed by atoms with E-state index in [9.17, 15) is 10.1 Å². The van der Waals surface area contributed by atoms with Gasteiger partial charge in [-0.05, 0) is 25.1 Å². The Morgan fingerprint density at radius 1 is 1.09 bits per heavy atom. The number of benzene rings is 3. The molecule has 0 unspecified atom stereocenters. The van der Waals surface area contributed by atoms with Crippen molar-refractivity contribution in [3.05, 3.63) is 93.5 Å². The molecule has 8 nitrogen and oxygen atoms in total. The number of nitrogens with zero attached hydrogens (tertiary/aromatic N) is 4. The highest BCUT2D eigenvalue weighted by atomic mass is 32.2. The Labute approximate surface area is 194 Å². The highest BCUT2D eigenvalue weighted by molar-refractivity contribution is 7.98. The molecule has 0 spiro atoms. The Balaban J connectivity index is 1.54. The van der Waals surface area contributed by atoms with Gasteiger partial charge >= 0.3 is 0 Å². The number of nitro groups is 1. The first-order chi connectivity index (χ1) is 16.1. The van der Waals surface area contributed by atoms with E-state index in [2.05, 4.69) is 16.3 Å². The molecule has 0 aliphatic carbocycles. The Kier molecular flexibility index (Phi) is 5.80. The van der Waals surface area contributed by atoms with Gasteiger partial charge in [0.1, 0.15) is 5.75 Å². The Morgan fingerprint density at radius 3 is 2.73 bits per heavy atom. The zero-order chi connectivity index (χ0) is 22.8. The fourth-order valence-electron chi connectivity index (χ4n) is 3.78. The number of nitro benzene ring substituents is 1. The Hall–Kier alpha value is -3.69. The summed E-state index contributed by atoms with van der Waals surface area (Å²) in [6.07, 6.45) is 0. The van der Waals surface area contributed by atoms with Crippen LogP contribution in [0.1, 0.15) is 16.7 Å². The van der Waals surface area contributed by atoms with Crippen LogP contribution in [0, 0.1) is 17.0 Å². The molecule has 0 radical (unpaired) electrons. The lowest BCUT2D eigenvalue weighted by molar-refractivity contribution is -0.385. The van der Waals surface area contributed by atoms with E-state index in [0.717, 1.165) is 28.2 Å². The molecule has 0 amide bonds. The number of rotatable bonds is 6. The fourth-order valence-corrected chi connectivity index (χ4v) is 4.70. The van der Waals surface area contributed by atoms with E-state index in [0.29, 0.717) is 22.2 Å². The van der Waals surface area contributed by atoms with Gasteiger partial charge in [-0.25, -0.2) is 0 Å². The number of fused-ring (bicyclic) bond motifs is 1. The van der Waals surface area contributed by atoms with E-state index >= 15 is 0 Å². The summed E-state index contributed by atoms with van der Waals surface area (Å²) in [7, 11) is 0. The van der Waals surface area contributed by atoms with E-state index in [1.165, 1.54) is 17.8 Å². The average Bonchev–Trinajstić information content (AvgIpc) is 3.27. The number of thioether (sulfide) groups is 1. The van der Waals surface area contributed by atoms with Crippen molar-refractivity contribution >= 4 is 17.4 Å². The lowest BCUT2D eigenvalue weighted by atomic mass is 10.1. The minimum atomic E-state index is -0.397. The number of hydrogen-bond donors (Lipinski definition) is 0. The third kappa shape index (κ3) is 4.33. The summed E-state index contributed by atoms with van der Waals surface area (Å²) in [4.78, 5) is 11.0. The molecule has 1 aromatic heterocycles. The lowest BCUT2D eigenvalue weighted by Crippen LogP contribution is -2.13. The Bertz CT molecular complexity index is 1320. The first kappa shape index (κ1) is 21.2. The average molecular weight is 461 g/mol. The van der Waals surface area contributed by atoms with Crippen molar-refractivity contribution in [2.45, 2.75) is 24.4 Å². The van der Waals surface area contributed by atoms with Gasteiger partial charge in [-0.15, -0.1) is 10.2 Å². The van der Waals surface area contributed by atoms with E-state index < -0.39 is 4.92 Å². The smallest absolute Gasteiger partial charge is 0.270 e. The van der Waals surface area contributed by atoms with Gasteiger partial charge in [0.25, 0.3) is 5.69 Å². The van der Waals surface area contributed by atoms with Crippen LogP contribution in [0.5, 0.6) is 5.75 Å². The van der Waals surface area contributed by atoms with Gasteiger partial charge in [-0.2, -0.15) is 0 Å². The normalized spacial score (nSPS) is 12.8. The minimum Gasteiger partial charge on any atom is -0.467 e. The van der Waals surface area contributed by atoms with Crippen LogP contribution in [0.3, 0.4) is 0 Å². The maximum atomic E-state index is 11.4. The molecule has 0 saturated carbocycles. The molecule has 5 rings (SSSR count). The fraction of sp³-hybridized carbons (Fsp3) is 0.167. The highest BCUT2D eigenvalue weighted by Crippen LogP contribution is 2.37. The van der Waals surface area contributed by atoms with Gasteiger partial charge in [-0.3, -0.25) is 14.7 Å². The number of hydrogen-bond acceptors (Lipinski definition) is 7.